The number of aliphatic hydroxyl groups is 1. The fourth-order valence-corrected chi connectivity index (χ4v) is 2.76. The highest BCUT2D eigenvalue weighted by Gasteiger charge is 2.15. The van der Waals surface area contributed by atoms with Gasteiger partial charge in [0.2, 0.25) is 0 Å². The summed E-state index contributed by atoms with van der Waals surface area (Å²) >= 11 is 5.91. The Bertz CT molecular complexity index is 1010. The van der Waals surface area contributed by atoms with Gasteiger partial charge in [0.1, 0.15) is 11.5 Å². The van der Waals surface area contributed by atoms with E-state index in [1.54, 1.807) is 66.7 Å². The molecule has 0 aromatic heterocycles. The molecule has 6 nitrogen and oxygen atoms in total. The molecule has 0 bridgehead atoms. The maximum atomic E-state index is 11.2. The minimum absolute atomic E-state index is 0.488. The van der Waals surface area contributed by atoms with Crippen molar-refractivity contribution < 1.29 is 19.8 Å². The summed E-state index contributed by atoms with van der Waals surface area (Å²) in [5.74, 6) is 0.428. The van der Waals surface area contributed by atoms with Crippen molar-refractivity contribution in [1.82, 2.24) is 5.48 Å². The molecule has 7 heteroatoms. The van der Waals surface area contributed by atoms with Crippen LogP contribution in [0.1, 0.15) is 17.4 Å². The van der Waals surface area contributed by atoms with Gasteiger partial charge in [-0.1, -0.05) is 48.0 Å². The van der Waals surface area contributed by atoms with Crippen molar-refractivity contribution in [3.8, 4) is 11.5 Å². The van der Waals surface area contributed by atoms with Gasteiger partial charge in [-0.3, -0.25) is 10.0 Å². The molecule has 3 aromatic carbocycles. The molecule has 0 aliphatic heterocycles. The quantitative estimate of drug-likeness (QED) is 0.195. The lowest BCUT2D eigenvalue weighted by atomic mass is 10.1. The number of aliphatic hydroxyl groups excluding tert-OH is 1. The van der Waals surface area contributed by atoms with Crippen LogP contribution in [0.5, 0.6) is 11.5 Å². The topological polar surface area (TPSA) is 90.8 Å². The van der Waals surface area contributed by atoms with Gasteiger partial charge in [0, 0.05) is 22.3 Å². The lowest BCUT2D eigenvalue weighted by Gasteiger charge is -2.19. The third-order valence-electron chi connectivity index (χ3n) is 4.03. The fraction of sp³-hybridized carbons (Fsp3) is 0.0455. The molecular formula is C22H19ClN2O4. The van der Waals surface area contributed by atoms with Crippen LogP contribution in [-0.2, 0) is 4.79 Å². The first-order chi connectivity index (χ1) is 14.1. The summed E-state index contributed by atoms with van der Waals surface area (Å²) in [5, 5.41) is 23.0. The van der Waals surface area contributed by atoms with E-state index in [-0.39, 0.29) is 0 Å². The van der Waals surface area contributed by atoms with Gasteiger partial charge in [-0.2, -0.15) is 0 Å². The number of hydroxylamine groups is 1. The number of amides is 1. The van der Waals surface area contributed by atoms with E-state index >= 15 is 0 Å². The number of hydrogen-bond acceptors (Lipinski definition) is 5. The van der Waals surface area contributed by atoms with Crippen molar-refractivity contribution in [1.29, 1.82) is 0 Å². The lowest BCUT2D eigenvalue weighted by Crippen LogP contribution is -2.15. The van der Waals surface area contributed by atoms with E-state index in [1.807, 2.05) is 6.07 Å². The minimum Gasteiger partial charge on any atom is -0.457 e. The van der Waals surface area contributed by atoms with Gasteiger partial charge in [0.25, 0.3) is 5.91 Å². The van der Waals surface area contributed by atoms with E-state index in [2.05, 4.69) is 5.32 Å². The highest BCUT2D eigenvalue weighted by Crippen LogP contribution is 2.31. The van der Waals surface area contributed by atoms with E-state index in [0.717, 1.165) is 0 Å². The number of halogens is 1. The van der Waals surface area contributed by atoms with Crippen molar-refractivity contribution >= 4 is 29.3 Å². The standard InChI is InChI=1S/C22H19ClN2O4/c23-16-10-12-17(13-11-16)29-20-8-4-2-6-18(20)22(27)24-19-7-3-1-5-15(19)9-14-21(26)25-28/h1-14,22,24,27-28H,(H,25,26)/b14-9+. The number of benzene rings is 3. The molecule has 1 unspecified atom stereocenters. The number of ether oxygens (including phenoxy) is 1. The maximum Gasteiger partial charge on any atom is 0.267 e. The summed E-state index contributed by atoms with van der Waals surface area (Å²) in [6.07, 6.45) is 1.64. The molecule has 0 aliphatic rings. The van der Waals surface area contributed by atoms with Crippen LogP contribution in [0.2, 0.25) is 5.02 Å². The second-order valence-corrected chi connectivity index (χ2v) is 6.47. The summed E-state index contributed by atoms with van der Waals surface area (Å²) in [5.41, 5.74) is 3.33. The fourth-order valence-electron chi connectivity index (χ4n) is 2.63. The molecule has 0 aliphatic carbocycles. The Labute approximate surface area is 173 Å². The van der Waals surface area contributed by atoms with Crippen LogP contribution in [0, 0.1) is 0 Å². The number of carbonyl (C=O) groups is 1. The van der Waals surface area contributed by atoms with Gasteiger partial charge in [-0.25, -0.2) is 5.48 Å². The molecule has 3 aromatic rings. The van der Waals surface area contributed by atoms with Crippen LogP contribution < -0.4 is 15.5 Å². The molecule has 1 amide bonds. The Hall–Kier alpha value is -3.32. The van der Waals surface area contributed by atoms with Crippen molar-refractivity contribution in [2.24, 2.45) is 0 Å². The van der Waals surface area contributed by atoms with E-state index in [4.69, 9.17) is 21.5 Å². The Morgan fingerprint density at radius 2 is 1.69 bits per heavy atom. The van der Waals surface area contributed by atoms with Crippen LogP contribution in [-0.4, -0.2) is 16.2 Å². The van der Waals surface area contributed by atoms with Crippen molar-refractivity contribution in [3.63, 3.8) is 0 Å². The molecule has 0 saturated heterocycles. The second-order valence-electron chi connectivity index (χ2n) is 6.04. The summed E-state index contributed by atoms with van der Waals surface area (Å²) < 4.78 is 5.89. The number of nitrogens with one attached hydrogen (secondary N) is 2. The number of hydrogen-bond donors (Lipinski definition) is 4. The summed E-state index contributed by atoms with van der Waals surface area (Å²) in [6.45, 7) is 0. The summed E-state index contributed by atoms with van der Waals surface area (Å²) in [7, 11) is 0. The Morgan fingerprint density at radius 3 is 2.45 bits per heavy atom. The average molecular weight is 411 g/mol. The molecule has 29 heavy (non-hydrogen) atoms. The van der Waals surface area contributed by atoms with E-state index in [0.29, 0.717) is 33.3 Å². The zero-order chi connectivity index (χ0) is 20.6. The van der Waals surface area contributed by atoms with Crippen molar-refractivity contribution in [2.45, 2.75) is 6.23 Å². The van der Waals surface area contributed by atoms with Gasteiger partial charge in [-0.15, -0.1) is 0 Å². The monoisotopic (exact) mass is 410 g/mol. The van der Waals surface area contributed by atoms with Crippen LogP contribution >= 0.6 is 11.6 Å². The third kappa shape index (κ3) is 5.58. The van der Waals surface area contributed by atoms with Crippen LogP contribution in [0.4, 0.5) is 5.69 Å². The van der Waals surface area contributed by atoms with Gasteiger partial charge in [0.05, 0.1) is 0 Å². The van der Waals surface area contributed by atoms with Crippen molar-refractivity contribution in [3.05, 3.63) is 95.0 Å². The molecule has 0 saturated carbocycles. The SMILES string of the molecule is O=C(/C=C/c1ccccc1NC(O)c1ccccc1Oc1ccc(Cl)cc1)NO. The molecule has 0 heterocycles. The second kappa shape index (κ2) is 9.75. The molecule has 0 radical (unpaired) electrons. The Kier molecular flexibility index (Phi) is 6.86. The molecule has 3 rings (SSSR count). The first-order valence-corrected chi connectivity index (χ1v) is 9.13. The smallest absolute Gasteiger partial charge is 0.267 e. The summed E-state index contributed by atoms with van der Waals surface area (Å²) in [6, 6.07) is 21.2. The highest BCUT2D eigenvalue weighted by molar-refractivity contribution is 6.30. The predicted octanol–water partition coefficient (Wildman–Crippen LogP) is 4.75. The lowest BCUT2D eigenvalue weighted by molar-refractivity contribution is -0.124. The maximum absolute atomic E-state index is 11.2. The molecular weight excluding hydrogens is 392 g/mol. The molecule has 4 N–H and O–H groups in total. The molecule has 148 valence electrons. The zero-order valence-electron chi connectivity index (χ0n) is 15.2. The van der Waals surface area contributed by atoms with Crippen LogP contribution in [0.15, 0.2) is 78.9 Å². The minimum atomic E-state index is -1.07. The molecule has 0 fully saturated rings. The van der Waals surface area contributed by atoms with E-state index in [1.165, 1.54) is 17.6 Å². The Morgan fingerprint density at radius 1 is 1.00 bits per heavy atom. The normalized spacial score (nSPS) is 11.8. The van der Waals surface area contributed by atoms with Crippen LogP contribution in [0.25, 0.3) is 6.08 Å². The van der Waals surface area contributed by atoms with Gasteiger partial charge in [-0.05, 0) is 48.0 Å². The molecule has 1 atom stereocenters. The van der Waals surface area contributed by atoms with E-state index in [9.17, 15) is 9.90 Å². The number of carbonyl (C=O) groups excluding carboxylic acids is 1. The van der Waals surface area contributed by atoms with Gasteiger partial charge in [0.15, 0.2) is 6.23 Å². The number of anilines is 1. The van der Waals surface area contributed by atoms with E-state index < -0.39 is 12.1 Å². The largest absolute Gasteiger partial charge is 0.457 e. The Balaban J connectivity index is 1.82. The molecule has 0 spiro atoms. The average Bonchev–Trinajstić information content (AvgIpc) is 2.74. The van der Waals surface area contributed by atoms with Crippen LogP contribution in [0.3, 0.4) is 0 Å². The zero-order valence-corrected chi connectivity index (χ0v) is 16.0. The number of para-hydroxylation sites is 2. The summed E-state index contributed by atoms with van der Waals surface area (Å²) in [4.78, 5) is 11.2. The van der Waals surface area contributed by atoms with Gasteiger partial charge < -0.3 is 15.2 Å². The third-order valence-corrected chi connectivity index (χ3v) is 4.28. The van der Waals surface area contributed by atoms with Crippen molar-refractivity contribution in [2.75, 3.05) is 5.32 Å². The first-order valence-electron chi connectivity index (χ1n) is 8.75. The number of rotatable bonds is 7. The highest BCUT2D eigenvalue weighted by atomic mass is 35.5. The first kappa shape index (κ1) is 20.4. The predicted molar refractivity (Wildman–Crippen MR) is 112 cm³/mol. The van der Waals surface area contributed by atoms with Gasteiger partial charge >= 0.3 is 0 Å².